The van der Waals surface area contributed by atoms with Crippen LogP contribution in [0.15, 0.2) is 42.7 Å². The van der Waals surface area contributed by atoms with Gasteiger partial charge in [0.25, 0.3) is 5.91 Å². The first-order valence-electron chi connectivity index (χ1n) is 8.08. The third-order valence-corrected chi connectivity index (χ3v) is 5.34. The minimum absolute atomic E-state index is 0.0542. The van der Waals surface area contributed by atoms with E-state index in [0.717, 1.165) is 21.8 Å². The summed E-state index contributed by atoms with van der Waals surface area (Å²) in [5.74, 6) is 0.0681. The quantitative estimate of drug-likeness (QED) is 0.722. The molecule has 0 radical (unpaired) electrons. The summed E-state index contributed by atoms with van der Waals surface area (Å²) >= 11 is 1.54. The maximum absolute atomic E-state index is 12.5. The number of hydrogen-bond donors (Lipinski definition) is 2. The van der Waals surface area contributed by atoms with Crippen molar-refractivity contribution in [3.63, 3.8) is 0 Å². The predicted molar refractivity (Wildman–Crippen MR) is 96.7 cm³/mol. The third-order valence-electron chi connectivity index (χ3n) is 4.31. The Bertz CT molecular complexity index is 826. The molecule has 2 N–H and O–H groups in total. The van der Waals surface area contributed by atoms with Crippen LogP contribution in [-0.4, -0.2) is 33.2 Å². The maximum Gasteiger partial charge on any atom is 0.251 e. The van der Waals surface area contributed by atoms with Crippen LogP contribution in [0.2, 0.25) is 0 Å². The number of aromatic nitrogens is 2. The van der Waals surface area contributed by atoms with E-state index in [0.29, 0.717) is 5.56 Å². The van der Waals surface area contributed by atoms with E-state index >= 15 is 0 Å². The van der Waals surface area contributed by atoms with Gasteiger partial charge in [-0.1, -0.05) is 31.6 Å². The van der Waals surface area contributed by atoms with E-state index in [-0.39, 0.29) is 24.5 Å². The molecule has 0 saturated carbocycles. The second-order valence-corrected chi connectivity index (χ2v) is 6.93. The van der Waals surface area contributed by atoms with Gasteiger partial charge in [0.2, 0.25) is 0 Å². The zero-order chi connectivity index (χ0) is 17.1. The minimum atomic E-state index is -0.227. The van der Waals surface area contributed by atoms with Crippen LogP contribution in [0.5, 0.6) is 0 Å². The van der Waals surface area contributed by atoms with Gasteiger partial charge in [0.15, 0.2) is 5.13 Å². The number of carbonyl (C=O) groups is 1. The number of benzene rings is 1. The molecule has 0 aliphatic heterocycles. The van der Waals surface area contributed by atoms with Gasteiger partial charge in [-0.2, -0.15) is 0 Å². The summed E-state index contributed by atoms with van der Waals surface area (Å²) in [6, 6.07) is 9.19. The molecule has 0 fully saturated rings. The number of nitrogens with one attached hydrogen (secondary N) is 1. The molecule has 3 aromatic rings. The number of thiazole rings is 1. The zero-order valence-electron chi connectivity index (χ0n) is 13.8. The Kier molecular flexibility index (Phi) is 4.97. The monoisotopic (exact) mass is 343 g/mol. The van der Waals surface area contributed by atoms with Gasteiger partial charge >= 0.3 is 0 Å². The molecule has 0 bridgehead atoms. The highest BCUT2D eigenvalue weighted by atomic mass is 32.1. The average molecular weight is 343 g/mol. The smallest absolute Gasteiger partial charge is 0.251 e. The van der Waals surface area contributed by atoms with Gasteiger partial charge in [-0.05, 0) is 36.2 Å². The number of nitrogens with zero attached hydrogens (tertiary/aromatic N) is 2. The fourth-order valence-corrected chi connectivity index (χ4v) is 3.50. The molecule has 1 amide bonds. The van der Waals surface area contributed by atoms with Crippen molar-refractivity contribution < 1.29 is 9.90 Å². The number of amides is 1. The summed E-state index contributed by atoms with van der Waals surface area (Å²) in [7, 11) is 0. The lowest BCUT2D eigenvalue weighted by molar-refractivity contribution is 0.0891. The third kappa shape index (κ3) is 3.34. The Labute approximate surface area is 145 Å². The molecule has 0 spiro atoms. The van der Waals surface area contributed by atoms with Crippen molar-refractivity contribution in [3.8, 4) is 5.13 Å². The van der Waals surface area contributed by atoms with Crippen molar-refractivity contribution >= 4 is 27.5 Å². The first-order valence-corrected chi connectivity index (χ1v) is 8.89. The Morgan fingerprint density at radius 2 is 2.12 bits per heavy atom. The summed E-state index contributed by atoms with van der Waals surface area (Å²) in [6.45, 7) is 4.02. The van der Waals surface area contributed by atoms with Crippen LogP contribution < -0.4 is 5.32 Å². The van der Waals surface area contributed by atoms with E-state index in [4.69, 9.17) is 0 Å². The molecule has 0 aliphatic rings. The van der Waals surface area contributed by atoms with Crippen molar-refractivity contribution in [1.29, 1.82) is 0 Å². The van der Waals surface area contributed by atoms with E-state index in [1.165, 1.54) is 0 Å². The van der Waals surface area contributed by atoms with Crippen molar-refractivity contribution in [2.45, 2.75) is 26.3 Å². The fraction of sp³-hybridized carbons (Fsp3) is 0.333. The lowest BCUT2D eigenvalue weighted by atomic mass is 9.99. The molecule has 2 atom stereocenters. The molecule has 2 heterocycles. The maximum atomic E-state index is 12.5. The average Bonchev–Trinajstić information content (AvgIpc) is 3.26. The molecule has 1 aromatic carbocycles. The number of hydrogen-bond acceptors (Lipinski definition) is 4. The Morgan fingerprint density at radius 3 is 2.79 bits per heavy atom. The molecule has 2 aromatic heterocycles. The highest BCUT2D eigenvalue weighted by molar-refractivity contribution is 7.20. The number of aliphatic hydroxyl groups is 1. The molecule has 24 heavy (non-hydrogen) atoms. The van der Waals surface area contributed by atoms with Crippen LogP contribution in [-0.2, 0) is 0 Å². The molecular weight excluding hydrogens is 322 g/mol. The summed E-state index contributed by atoms with van der Waals surface area (Å²) in [5.41, 5.74) is 1.47. The van der Waals surface area contributed by atoms with E-state index in [9.17, 15) is 9.90 Å². The second-order valence-electron chi connectivity index (χ2n) is 5.92. The molecule has 0 aliphatic carbocycles. The van der Waals surface area contributed by atoms with E-state index in [1.807, 2.05) is 55.1 Å². The van der Waals surface area contributed by atoms with Crippen molar-refractivity contribution in [3.05, 3.63) is 48.3 Å². The SMILES string of the molecule is CC[C@@H](C)[C@H](CO)NC(=O)c1ccc2nc(-n3cccc3)sc2c1. The Hall–Kier alpha value is -2.18. The minimum Gasteiger partial charge on any atom is -0.394 e. The molecular formula is C18H21N3O2S. The summed E-state index contributed by atoms with van der Waals surface area (Å²) < 4.78 is 2.92. The molecule has 3 rings (SSSR count). The van der Waals surface area contributed by atoms with Crippen molar-refractivity contribution in [1.82, 2.24) is 14.9 Å². The van der Waals surface area contributed by atoms with Gasteiger partial charge in [0, 0.05) is 18.0 Å². The van der Waals surface area contributed by atoms with Crippen LogP contribution in [0.4, 0.5) is 0 Å². The Morgan fingerprint density at radius 1 is 1.38 bits per heavy atom. The Balaban J connectivity index is 1.83. The highest BCUT2D eigenvalue weighted by Crippen LogP contribution is 2.26. The van der Waals surface area contributed by atoms with E-state index in [1.54, 1.807) is 17.4 Å². The van der Waals surface area contributed by atoms with Crippen LogP contribution in [0.1, 0.15) is 30.6 Å². The second kappa shape index (κ2) is 7.15. The summed E-state index contributed by atoms with van der Waals surface area (Å²) in [4.78, 5) is 17.1. The first kappa shape index (κ1) is 16.7. The number of carbonyl (C=O) groups excluding carboxylic acids is 1. The molecule has 6 heteroatoms. The summed E-state index contributed by atoms with van der Waals surface area (Å²) in [5, 5.41) is 13.3. The predicted octanol–water partition coefficient (Wildman–Crippen LogP) is 3.22. The fourth-order valence-electron chi connectivity index (χ4n) is 2.53. The largest absolute Gasteiger partial charge is 0.394 e. The number of rotatable bonds is 6. The van der Waals surface area contributed by atoms with Crippen LogP contribution in [0.25, 0.3) is 15.3 Å². The van der Waals surface area contributed by atoms with Crippen molar-refractivity contribution in [2.24, 2.45) is 5.92 Å². The van der Waals surface area contributed by atoms with Gasteiger partial charge in [0.1, 0.15) is 0 Å². The van der Waals surface area contributed by atoms with Gasteiger partial charge in [-0.15, -0.1) is 0 Å². The lowest BCUT2D eigenvalue weighted by Crippen LogP contribution is -2.41. The summed E-state index contributed by atoms with van der Waals surface area (Å²) in [6.07, 6.45) is 4.80. The molecule has 126 valence electrons. The topological polar surface area (TPSA) is 67.2 Å². The van der Waals surface area contributed by atoms with Crippen molar-refractivity contribution in [2.75, 3.05) is 6.61 Å². The van der Waals surface area contributed by atoms with Gasteiger partial charge in [0.05, 0.1) is 22.9 Å². The van der Waals surface area contributed by atoms with Gasteiger partial charge < -0.3 is 15.0 Å². The highest BCUT2D eigenvalue weighted by Gasteiger charge is 2.18. The number of aliphatic hydroxyl groups excluding tert-OH is 1. The molecule has 0 unspecified atom stereocenters. The van der Waals surface area contributed by atoms with Gasteiger partial charge in [-0.25, -0.2) is 4.98 Å². The van der Waals surface area contributed by atoms with Crippen LogP contribution in [0, 0.1) is 5.92 Å². The van der Waals surface area contributed by atoms with Crippen LogP contribution >= 0.6 is 11.3 Å². The van der Waals surface area contributed by atoms with Gasteiger partial charge in [-0.3, -0.25) is 4.79 Å². The zero-order valence-corrected chi connectivity index (χ0v) is 14.6. The van der Waals surface area contributed by atoms with Crippen LogP contribution in [0.3, 0.4) is 0 Å². The van der Waals surface area contributed by atoms with E-state index in [2.05, 4.69) is 10.3 Å². The van der Waals surface area contributed by atoms with E-state index < -0.39 is 0 Å². The normalized spacial score (nSPS) is 13.8. The number of fused-ring (bicyclic) bond motifs is 1. The molecule has 0 saturated heterocycles. The molecule has 5 nitrogen and oxygen atoms in total. The standard InChI is InChI=1S/C18H21N3O2S/c1-3-12(2)15(11-22)19-17(23)13-6-7-14-16(10-13)24-18(20-14)21-8-4-5-9-21/h4-10,12,15,22H,3,11H2,1-2H3,(H,19,23)/t12-,15+/m1/s1. The lowest BCUT2D eigenvalue weighted by Gasteiger charge is -2.22. The first-order chi connectivity index (χ1) is 11.6.